The Bertz CT molecular complexity index is 565. The maximum atomic E-state index is 12.3. The van der Waals surface area contributed by atoms with E-state index in [1.165, 1.54) is 0 Å². The lowest BCUT2D eigenvalue weighted by molar-refractivity contribution is -0.130. The number of carbonyl (C=O) groups excluding carboxylic acids is 2. The van der Waals surface area contributed by atoms with Gasteiger partial charge >= 0.3 is 0 Å². The molecule has 136 valence electrons. The molecular formula is C19H27N3O3. The first kappa shape index (κ1) is 17.9. The van der Waals surface area contributed by atoms with E-state index in [1.807, 2.05) is 12.1 Å². The molecule has 0 radical (unpaired) electrons. The van der Waals surface area contributed by atoms with E-state index in [-0.39, 0.29) is 29.8 Å². The Kier molecular flexibility index (Phi) is 6.39. The van der Waals surface area contributed by atoms with Crippen molar-refractivity contribution in [3.05, 3.63) is 30.1 Å². The van der Waals surface area contributed by atoms with E-state index in [0.717, 1.165) is 50.7 Å². The van der Waals surface area contributed by atoms with Crippen LogP contribution < -0.4 is 10.6 Å². The zero-order valence-electron chi connectivity index (χ0n) is 14.6. The number of hydrogen-bond donors (Lipinski definition) is 2. The van der Waals surface area contributed by atoms with Crippen LogP contribution >= 0.6 is 0 Å². The summed E-state index contributed by atoms with van der Waals surface area (Å²) in [5, 5.41) is 5.99. The quantitative estimate of drug-likeness (QED) is 0.824. The van der Waals surface area contributed by atoms with Gasteiger partial charge in [0.05, 0.1) is 6.10 Å². The van der Waals surface area contributed by atoms with Crippen molar-refractivity contribution in [1.29, 1.82) is 0 Å². The van der Waals surface area contributed by atoms with Crippen LogP contribution in [0.3, 0.4) is 0 Å². The van der Waals surface area contributed by atoms with Gasteiger partial charge in [0.2, 0.25) is 11.8 Å². The number of aromatic nitrogens is 1. The van der Waals surface area contributed by atoms with E-state index < -0.39 is 0 Å². The van der Waals surface area contributed by atoms with Crippen molar-refractivity contribution in [3.8, 4) is 0 Å². The van der Waals surface area contributed by atoms with Gasteiger partial charge in [-0.15, -0.1) is 0 Å². The molecule has 1 aliphatic heterocycles. The normalized spacial score (nSPS) is 26.2. The molecule has 25 heavy (non-hydrogen) atoms. The zero-order valence-corrected chi connectivity index (χ0v) is 14.6. The molecule has 6 nitrogen and oxygen atoms in total. The van der Waals surface area contributed by atoms with Crippen LogP contribution in [0.1, 0.15) is 44.1 Å². The SMILES string of the molecule is O=C(NCc1cccnc1)C1CCC(C(=O)NCC2CCCO2)CC1. The average Bonchev–Trinajstić information content (AvgIpc) is 3.19. The highest BCUT2D eigenvalue weighted by molar-refractivity contribution is 5.81. The highest BCUT2D eigenvalue weighted by Gasteiger charge is 2.30. The lowest BCUT2D eigenvalue weighted by Crippen LogP contribution is -2.39. The van der Waals surface area contributed by atoms with Gasteiger partial charge in [0.25, 0.3) is 0 Å². The van der Waals surface area contributed by atoms with Crippen molar-refractivity contribution in [2.45, 2.75) is 51.2 Å². The number of nitrogens with zero attached hydrogens (tertiary/aromatic N) is 1. The largest absolute Gasteiger partial charge is 0.376 e. The number of hydrogen-bond acceptors (Lipinski definition) is 4. The number of amides is 2. The predicted molar refractivity (Wildman–Crippen MR) is 93.5 cm³/mol. The molecule has 1 aromatic heterocycles. The highest BCUT2D eigenvalue weighted by Crippen LogP contribution is 2.29. The second-order valence-corrected chi connectivity index (χ2v) is 7.01. The molecule has 6 heteroatoms. The third-order valence-corrected chi connectivity index (χ3v) is 5.19. The zero-order chi connectivity index (χ0) is 17.5. The molecule has 2 heterocycles. The molecule has 0 spiro atoms. The van der Waals surface area contributed by atoms with Gasteiger partial charge in [0.15, 0.2) is 0 Å². The summed E-state index contributed by atoms with van der Waals surface area (Å²) in [5.41, 5.74) is 0.998. The minimum absolute atomic E-state index is 0.0129. The fourth-order valence-electron chi connectivity index (χ4n) is 3.62. The molecule has 0 aromatic carbocycles. The van der Waals surface area contributed by atoms with E-state index in [4.69, 9.17) is 4.74 Å². The summed E-state index contributed by atoms with van der Waals surface area (Å²) in [7, 11) is 0. The van der Waals surface area contributed by atoms with Gasteiger partial charge in [-0.05, 0) is 50.2 Å². The van der Waals surface area contributed by atoms with Gasteiger partial charge in [-0.2, -0.15) is 0 Å². The Morgan fingerprint density at radius 3 is 2.40 bits per heavy atom. The summed E-state index contributed by atoms with van der Waals surface area (Å²) in [6.45, 7) is 1.93. The summed E-state index contributed by atoms with van der Waals surface area (Å²) >= 11 is 0. The van der Waals surface area contributed by atoms with Crippen molar-refractivity contribution in [1.82, 2.24) is 15.6 Å². The first-order valence-electron chi connectivity index (χ1n) is 9.28. The first-order chi connectivity index (χ1) is 12.2. The number of ether oxygens (including phenoxy) is 1. The van der Waals surface area contributed by atoms with Crippen LogP contribution in [0.15, 0.2) is 24.5 Å². The molecule has 0 bridgehead atoms. The summed E-state index contributed by atoms with van der Waals surface area (Å²) < 4.78 is 5.53. The van der Waals surface area contributed by atoms with E-state index in [0.29, 0.717) is 13.1 Å². The second kappa shape index (κ2) is 8.94. The fraction of sp³-hybridized carbons (Fsp3) is 0.632. The summed E-state index contributed by atoms with van der Waals surface area (Å²) in [4.78, 5) is 28.6. The Morgan fingerprint density at radius 1 is 1.08 bits per heavy atom. The van der Waals surface area contributed by atoms with Crippen molar-refractivity contribution >= 4 is 11.8 Å². The maximum absolute atomic E-state index is 12.3. The average molecular weight is 345 g/mol. The molecule has 1 aromatic rings. The topological polar surface area (TPSA) is 80.3 Å². The van der Waals surface area contributed by atoms with Gasteiger partial charge in [0.1, 0.15) is 0 Å². The summed E-state index contributed by atoms with van der Waals surface area (Å²) in [6.07, 6.45) is 8.88. The van der Waals surface area contributed by atoms with Crippen LogP contribution in [-0.2, 0) is 20.9 Å². The van der Waals surface area contributed by atoms with Crippen molar-refractivity contribution in [2.75, 3.05) is 13.2 Å². The van der Waals surface area contributed by atoms with Crippen LogP contribution in [0.5, 0.6) is 0 Å². The van der Waals surface area contributed by atoms with E-state index in [2.05, 4.69) is 15.6 Å². The Labute approximate surface area is 148 Å². The lowest BCUT2D eigenvalue weighted by Gasteiger charge is -2.27. The molecule has 2 aliphatic rings. The Balaban J connectivity index is 1.35. The van der Waals surface area contributed by atoms with Crippen molar-refractivity contribution in [2.24, 2.45) is 11.8 Å². The predicted octanol–water partition coefficient (Wildman–Crippen LogP) is 1.80. The van der Waals surface area contributed by atoms with Crippen LogP contribution in [0, 0.1) is 11.8 Å². The van der Waals surface area contributed by atoms with Gasteiger partial charge in [-0.1, -0.05) is 6.07 Å². The monoisotopic (exact) mass is 345 g/mol. The molecule has 3 rings (SSSR count). The van der Waals surface area contributed by atoms with Crippen LogP contribution in [0.2, 0.25) is 0 Å². The minimum atomic E-state index is 0.0129. The number of rotatable bonds is 6. The molecule has 2 N–H and O–H groups in total. The number of pyridine rings is 1. The fourth-order valence-corrected chi connectivity index (χ4v) is 3.62. The molecule has 1 aliphatic carbocycles. The molecule has 2 amide bonds. The first-order valence-corrected chi connectivity index (χ1v) is 9.28. The minimum Gasteiger partial charge on any atom is -0.376 e. The summed E-state index contributed by atoms with van der Waals surface area (Å²) in [5.74, 6) is 0.245. The smallest absolute Gasteiger partial charge is 0.223 e. The molecule has 2 fully saturated rings. The van der Waals surface area contributed by atoms with Gasteiger partial charge < -0.3 is 15.4 Å². The van der Waals surface area contributed by atoms with E-state index >= 15 is 0 Å². The van der Waals surface area contributed by atoms with Crippen LogP contribution in [0.4, 0.5) is 0 Å². The van der Waals surface area contributed by atoms with Crippen LogP contribution in [-0.4, -0.2) is 36.1 Å². The molecule has 1 unspecified atom stereocenters. The van der Waals surface area contributed by atoms with Gasteiger partial charge in [-0.25, -0.2) is 0 Å². The van der Waals surface area contributed by atoms with Crippen molar-refractivity contribution < 1.29 is 14.3 Å². The molecule has 1 saturated heterocycles. The van der Waals surface area contributed by atoms with Crippen molar-refractivity contribution in [3.63, 3.8) is 0 Å². The standard InChI is InChI=1S/C19H27N3O3/c23-18(21-12-14-3-1-9-20-11-14)15-5-7-16(8-6-15)19(24)22-13-17-4-2-10-25-17/h1,3,9,11,15-17H,2,4-8,10,12-13H2,(H,21,23)(H,22,24). The molecular weight excluding hydrogens is 318 g/mol. The van der Waals surface area contributed by atoms with E-state index in [1.54, 1.807) is 12.4 Å². The maximum Gasteiger partial charge on any atom is 0.223 e. The Hall–Kier alpha value is -1.95. The highest BCUT2D eigenvalue weighted by atomic mass is 16.5. The second-order valence-electron chi connectivity index (χ2n) is 7.01. The molecule has 1 atom stereocenters. The lowest BCUT2D eigenvalue weighted by atomic mass is 9.81. The Morgan fingerprint density at radius 2 is 1.80 bits per heavy atom. The summed E-state index contributed by atoms with van der Waals surface area (Å²) in [6, 6.07) is 3.81. The van der Waals surface area contributed by atoms with Gasteiger partial charge in [-0.3, -0.25) is 14.6 Å². The number of carbonyl (C=O) groups is 2. The van der Waals surface area contributed by atoms with Gasteiger partial charge in [0, 0.05) is 43.9 Å². The number of nitrogens with one attached hydrogen (secondary N) is 2. The van der Waals surface area contributed by atoms with E-state index in [9.17, 15) is 9.59 Å². The third-order valence-electron chi connectivity index (χ3n) is 5.19. The van der Waals surface area contributed by atoms with Crippen LogP contribution in [0.25, 0.3) is 0 Å². The molecule has 1 saturated carbocycles. The third kappa shape index (κ3) is 5.26.